The van der Waals surface area contributed by atoms with Crippen LogP contribution in [0, 0.1) is 0 Å². The van der Waals surface area contributed by atoms with Crippen LogP contribution in [0.1, 0.15) is 6.85 Å². The molecule has 0 aliphatic carbocycles. The molecule has 8 rings (SSSR count). The number of rotatable bonds is 5. The fraction of sp³-hybridized carbons (Fsp3) is 0. The molecule has 0 aliphatic rings. The van der Waals surface area contributed by atoms with E-state index in [4.69, 9.17) is 26.2 Å². The van der Waals surface area contributed by atoms with Gasteiger partial charge in [0.25, 0.3) is 0 Å². The standard InChI is InChI=1S/C39H25N3O/c1-4-13-26(14-5-1)29-19-10-20-30(25-29)38-40-37(28-17-8-3-9-18-28)41-39(42-38)33-23-11-22-32-35-31(27-15-6-2-7-16-27)21-12-24-34(35)43-36(32)33/h1-25H/i1D,4D,5D,13D,14D. The molecule has 43 heavy (non-hydrogen) atoms. The molecule has 4 heteroatoms. The fourth-order valence-electron chi connectivity index (χ4n) is 5.43. The molecular formula is C39H25N3O. The first-order valence-corrected chi connectivity index (χ1v) is 13.9. The largest absolute Gasteiger partial charge is 0.455 e. The maximum Gasteiger partial charge on any atom is 0.167 e. The summed E-state index contributed by atoms with van der Waals surface area (Å²) in [6.45, 7) is 0. The highest BCUT2D eigenvalue weighted by molar-refractivity contribution is 6.15. The molecule has 2 heterocycles. The second kappa shape index (κ2) is 10.5. The summed E-state index contributed by atoms with van der Waals surface area (Å²) in [5.74, 6) is 1.24. The highest BCUT2D eigenvalue weighted by Crippen LogP contribution is 2.40. The van der Waals surface area contributed by atoms with E-state index < -0.39 is 6.04 Å². The molecule has 0 aliphatic heterocycles. The molecule has 8 aromatic rings. The van der Waals surface area contributed by atoms with E-state index in [0.717, 1.165) is 33.0 Å². The van der Waals surface area contributed by atoms with Crippen LogP contribution in [-0.2, 0) is 0 Å². The highest BCUT2D eigenvalue weighted by atomic mass is 16.3. The number of hydrogen-bond donors (Lipinski definition) is 0. The van der Waals surface area contributed by atoms with Crippen molar-refractivity contribution in [2.75, 3.05) is 0 Å². The van der Waals surface area contributed by atoms with Gasteiger partial charge in [0.2, 0.25) is 0 Å². The summed E-state index contributed by atoms with van der Waals surface area (Å²) < 4.78 is 47.9. The highest BCUT2D eigenvalue weighted by Gasteiger charge is 2.19. The van der Waals surface area contributed by atoms with Gasteiger partial charge in [-0.25, -0.2) is 15.0 Å². The molecule has 2 aromatic heterocycles. The van der Waals surface area contributed by atoms with Crippen molar-refractivity contribution < 1.29 is 11.3 Å². The molecule has 0 unspecified atom stereocenters. The summed E-state index contributed by atoms with van der Waals surface area (Å²) in [6.07, 6.45) is 0. The van der Waals surface area contributed by atoms with Crippen LogP contribution < -0.4 is 0 Å². The monoisotopic (exact) mass is 556 g/mol. The molecule has 0 saturated carbocycles. The van der Waals surface area contributed by atoms with Gasteiger partial charge >= 0.3 is 0 Å². The van der Waals surface area contributed by atoms with Gasteiger partial charge in [0, 0.05) is 21.9 Å². The number of hydrogen-bond acceptors (Lipinski definition) is 4. The number of aromatic nitrogens is 3. The van der Waals surface area contributed by atoms with Crippen molar-refractivity contribution in [3.63, 3.8) is 0 Å². The normalized spacial score (nSPS) is 12.9. The Hall–Kier alpha value is -5.87. The molecule has 0 saturated heterocycles. The van der Waals surface area contributed by atoms with Gasteiger partial charge in [0.15, 0.2) is 17.5 Å². The van der Waals surface area contributed by atoms with Crippen molar-refractivity contribution in [3.05, 3.63) is 152 Å². The third-order valence-electron chi connectivity index (χ3n) is 7.43. The van der Waals surface area contributed by atoms with Crippen LogP contribution in [0.5, 0.6) is 0 Å². The minimum Gasteiger partial charge on any atom is -0.455 e. The van der Waals surface area contributed by atoms with Gasteiger partial charge in [-0.15, -0.1) is 0 Å². The fourth-order valence-corrected chi connectivity index (χ4v) is 5.43. The lowest BCUT2D eigenvalue weighted by molar-refractivity contribution is 0.669. The van der Waals surface area contributed by atoms with Crippen LogP contribution in [-0.4, -0.2) is 15.0 Å². The molecule has 0 amide bonds. The Labute approximate surface area is 256 Å². The second-order valence-corrected chi connectivity index (χ2v) is 10.1. The van der Waals surface area contributed by atoms with Gasteiger partial charge in [-0.1, -0.05) is 133 Å². The van der Waals surface area contributed by atoms with Crippen molar-refractivity contribution >= 4 is 21.9 Å². The maximum absolute atomic E-state index is 8.51. The molecule has 0 spiro atoms. The molecule has 202 valence electrons. The lowest BCUT2D eigenvalue weighted by Gasteiger charge is -2.10. The van der Waals surface area contributed by atoms with Gasteiger partial charge in [-0.3, -0.25) is 0 Å². The van der Waals surface area contributed by atoms with Crippen LogP contribution in [0.2, 0.25) is 0 Å². The predicted molar refractivity (Wildman–Crippen MR) is 174 cm³/mol. The first-order chi connectivity index (χ1) is 23.4. The number of para-hydroxylation sites is 1. The number of furan rings is 1. The average Bonchev–Trinajstić information content (AvgIpc) is 3.53. The van der Waals surface area contributed by atoms with Gasteiger partial charge < -0.3 is 4.42 Å². The van der Waals surface area contributed by atoms with Crippen molar-refractivity contribution in [2.45, 2.75) is 0 Å². The minimum absolute atomic E-state index is 0.113. The predicted octanol–water partition coefficient (Wildman–Crippen LogP) is 10.1. The van der Waals surface area contributed by atoms with Crippen LogP contribution in [0.15, 0.2) is 156 Å². The van der Waals surface area contributed by atoms with Crippen LogP contribution in [0.4, 0.5) is 0 Å². The topological polar surface area (TPSA) is 51.8 Å². The van der Waals surface area contributed by atoms with Gasteiger partial charge in [-0.05, 0) is 40.5 Å². The zero-order chi connectivity index (χ0) is 32.9. The first kappa shape index (κ1) is 20.1. The maximum atomic E-state index is 8.51. The molecule has 0 bridgehead atoms. The molecular weight excluding hydrogens is 526 g/mol. The summed E-state index contributed by atoms with van der Waals surface area (Å²) in [5.41, 5.74) is 6.23. The quantitative estimate of drug-likeness (QED) is 0.212. The van der Waals surface area contributed by atoms with E-state index in [2.05, 4.69) is 18.2 Å². The molecule has 0 radical (unpaired) electrons. The summed E-state index contributed by atoms with van der Waals surface area (Å²) >= 11 is 0. The van der Waals surface area contributed by atoms with E-state index in [1.165, 1.54) is 0 Å². The Morgan fingerprint density at radius 1 is 0.465 bits per heavy atom. The smallest absolute Gasteiger partial charge is 0.167 e. The molecule has 0 atom stereocenters. The van der Waals surface area contributed by atoms with Crippen molar-refractivity contribution in [1.82, 2.24) is 15.0 Å². The Kier molecular flexibility index (Phi) is 4.91. The van der Waals surface area contributed by atoms with Crippen LogP contribution >= 0.6 is 0 Å². The number of nitrogens with zero attached hydrogens (tertiary/aromatic N) is 3. The molecule has 0 fully saturated rings. The third-order valence-corrected chi connectivity index (χ3v) is 7.43. The Balaban J connectivity index is 1.34. The summed E-state index contributed by atoms with van der Waals surface area (Å²) in [4.78, 5) is 14.7. The van der Waals surface area contributed by atoms with E-state index in [1.807, 2.05) is 84.9 Å². The Bertz CT molecular complexity index is 2490. The summed E-state index contributed by atoms with van der Waals surface area (Å²) in [5, 5.41) is 1.94. The Morgan fingerprint density at radius 2 is 1.07 bits per heavy atom. The van der Waals surface area contributed by atoms with E-state index in [1.54, 1.807) is 18.2 Å². The van der Waals surface area contributed by atoms with Gasteiger partial charge in [0.05, 0.1) is 12.4 Å². The summed E-state index contributed by atoms with van der Waals surface area (Å²) in [7, 11) is 0. The van der Waals surface area contributed by atoms with Crippen LogP contribution in [0.25, 0.3) is 78.4 Å². The van der Waals surface area contributed by atoms with Crippen LogP contribution in [0.3, 0.4) is 0 Å². The number of benzene rings is 6. The van der Waals surface area contributed by atoms with E-state index >= 15 is 0 Å². The SMILES string of the molecule is [2H]c1c([2H])c([2H])c(-c2cccc(-c3nc(-c4ccccc4)nc(-c4cccc5c4oc4cccc(-c6ccccc6)c45)n3)c2)c([2H])c1[2H]. The third kappa shape index (κ3) is 4.55. The first-order valence-electron chi connectivity index (χ1n) is 16.4. The van der Waals surface area contributed by atoms with E-state index in [-0.39, 0.29) is 29.7 Å². The number of fused-ring (bicyclic) bond motifs is 3. The Morgan fingerprint density at radius 3 is 1.86 bits per heavy atom. The molecule has 0 N–H and O–H groups in total. The van der Waals surface area contributed by atoms with Gasteiger partial charge in [0.1, 0.15) is 11.2 Å². The summed E-state index contributed by atoms with van der Waals surface area (Å²) in [6, 6.07) is 37.1. The minimum atomic E-state index is -0.435. The zero-order valence-electron chi connectivity index (χ0n) is 27.8. The van der Waals surface area contributed by atoms with Crippen molar-refractivity contribution in [1.29, 1.82) is 0 Å². The van der Waals surface area contributed by atoms with E-state index in [9.17, 15) is 0 Å². The average molecular weight is 557 g/mol. The molecule has 6 aromatic carbocycles. The van der Waals surface area contributed by atoms with Crippen molar-refractivity contribution in [2.24, 2.45) is 0 Å². The zero-order valence-corrected chi connectivity index (χ0v) is 22.8. The lowest BCUT2D eigenvalue weighted by Crippen LogP contribution is -2.00. The van der Waals surface area contributed by atoms with Gasteiger partial charge in [-0.2, -0.15) is 0 Å². The lowest BCUT2D eigenvalue weighted by atomic mass is 9.99. The molecule has 4 nitrogen and oxygen atoms in total. The second-order valence-electron chi connectivity index (χ2n) is 10.1. The van der Waals surface area contributed by atoms with E-state index in [0.29, 0.717) is 39.7 Å². The van der Waals surface area contributed by atoms with Crippen molar-refractivity contribution in [3.8, 4) is 56.4 Å².